The molecule has 0 saturated heterocycles. The molecule has 2 heteroatoms. The lowest BCUT2D eigenvalue weighted by Crippen LogP contribution is -2.38. The van der Waals surface area contributed by atoms with Crippen molar-refractivity contribution in [3.05, 3.63) is 12.7 Å². The third-order valence-corrected chi connectivity index (χ3v) is 3.46. The molecule has 0 spiro atoms. The van der Waals surface area contributed by atoms with E-state index in [0.29, 0.717) is 6.04 Å². The molecule has 1 aliphatic rings. The summed E-state index contributed by atoms with van der Waals surface area (Å²) in [5, 5.41) is 0. The van der Waals surface area contributed by atoms with Gasteiger partial charge in [-0.1, -0.05) is 19.9 Å². The van der Waals surface area contributed by atoms with Crippen molar-refractivity contribution in [2.24, 2.45) is 5.92 Å². The lowest BCUT2D eigenvalue weighted by atomic mass is 9.84. The summed E-state index contributed by atoms with van der Waals surface area (Å²) >= 11 is 0. The minimum Gasteiger partial charge on any atom is -0.339 e. The van der Waals surface area contributed by atoms with E-state index < -0.39 is 0 Å². The van der Waals surface area contributed by atoms with Gasteiger partial charge < -0.3 is 4.90 Å². The maximum Gasteiger partial charge on any atom is 0.245 e. The number of carbonyl (C=O) groups is 1. The van der Waals surface area contributed by atoms with Gasteiger partial charge in [-0.2, -0.15) is 0 Å². The fourth-order valence-electron chi connectivity index (χ4n) is 2.26. The van der Waals surface area contributed by atoms with E-state index in [4.69, 9.17) is 0 Å². The van der Waals surface area contributed by atoms with Crippen molar-refractivity contribution in [3.8, 4) is 0 Å². The molecule has 0 N–H and O–H groups in total. The number of hydrogen-bond acceptors (Lipinski definition) is 1. The summed E-state index contributed by atoms with van der Waals surface area (Å²) in [6.45, 7) is 5.77. The predicted molar refractivity (Wildman–Crippen MR) is 59.0 cm³/mol. The molecular formula is C12H21NO. The van der Waals surface area contributed by atoms with Crippen molar-refractivity contribution < 1.29 is 4.79 Å². The Morgan fingerprint density at radius 1 is 1.43 bits per heavy atom. The second-order valence-electron chi connectivity index (χ2n) is 4.24. The average molecular weight is 195 g/mol. The van der Waals surface area contributed by atoms with Crippen molar-refractivity contribution in [1.82, 2.24) is 4.90 Å². The van der Waals surface area contributed by atoms with Gasteiger partial charge in [-0.05, 0) is 37.7 Å². The van der Waals surface area contributed by atoms with Gasteiger partial charge in [0.25, 0.3) is 0 Å². The minimum absolute atomic E-state index is 0.0601. The Labute approximate surface area is 87.0 Å². The normalized spacial score (nSPS) is 27.0. The molecular weight excluding hydrogens is 174 g/mol. The van der Waals surface area contributed by atoms with Gasteiger partial charge in [-0.15, -0.1) is 0 Å². The first kappa shape index (κ1) is 11.3. The second kappa shape index (κ2) is 5.18. The van der Waals surface area contributed by atoms with E-state index in [1.807, 2.05) is 11.9 Å². The van der Waals surface area contributed by atoms with Gasteiger partial charge in [0.1, 0.15) is 0 Å². The fourth-order valence-corrected chi connectivity index (χ4v) is 2.26. The van der Waals surface area contributed by atoms with Gasteiger partial charge in [0.15, 0.2) is 0 Å². The molecule has 0 aliphatic heterocycles. The monoisotopic (exact) mass is 195 g/mol. The van der Waals surface area contributed by atoms with Crippen LogP contribution in [0.5, 0.6) is 0 Å². The molecule has 1 aliphatic carbocycles. The molecule has 0 atom stereocenters. The van der Waals surface area contributed by atoms with Crippen LogP contribution in [0.15, 0.2) is 12.7 Å². The Balaban J connectivity index is 2.41. The molecule has 0 aromatic rings. The van der Waals surface area contributed by atoms with E-state index in [-0.39, 0.29) is 5.91 Å². The van der Waals surface area contributed by atoms with Gasteiger partial charge >= 0.3 is 0 Å². The van der Waals surface area contributed by atoms with Crippen molar-refractivity contribution in [2.75, 3.05) is 7.05 Å². The summed E-state index contributed by atoms with van der Waals surface area (Å²) in [4.78, 5) is 13.2. The number of hydrogen-bond donors (Lipinski definition) is 0. The molecule has 0 unspecified atom stereocenters. The van der Waals surface area contributed by atoms with Gasteiger partial charge in [-0.3, -0.25) is 4.79 Å². The Morgan fingerprint density at radius 3 is 2.43 bits per heavy atom. The highest BCUT2D eigenvalue weighted by Gasteiger charge is 2.24. The molecule has 80 valence electrons. The number of rotatable bonds is 3. The summed E-state index contributed by atoms with van der Waals surface area (Å²) in [6, 6.07) is 0.447. The van der Waals surface area contributed by atoms with E-state index in [9.17, 15) is 4.79 Å². The molecule has 1 saturated carbocycles. The topological polar surface area (TPSA) is 20.3 Å². The predicted octanol–water partition coefficient (Wildman–Crippen LogP) is 2.60. The quantitative estimate of drug-likeness (QED) is 0.634. The van der Waals surface area contributed by atoms with Gasteiger partial charge in [0, 0.05) is 13.1 Å². The zero-order chi connectivity index (χ0) is 10.6. The Bertz CT molecular complexity index is 204. The molecule has 0 aromatic heterocycles. The van der Waals surface area contributed by atoms with Crippen molar-refractivity contribution >= 4 is 5.91 Å². The van der Waals surface area contributed by atoms with Crippen LogP contribution in [0.3, 0.4) is 0 Å². The summed E-state index contributed by atoms with van der Waals surface area (Å²) in [7, 11) is 1.89. The maximum atomic E-state index is 11.4. The number of amides is 1. The average Bonchev–Trinajstić information content (AvgIpc) is 2.27. The van der Waals surface area contributed by atoms with E-state index in [2.05, 4.69) is 13.5 Å². The van der Waals surface area contributed by atoms with Crippen molar-refractivity contribution in [2.45, 2.75) is 45.1 Å². The van der Waals surface area contributed by atoms with Crippen LogP contribution in [0, 0.1) is 5.92 Å². The highest BCUT2D eigenvalue weighted by Crippen LogP contribution is 2.28. The summed E-state index contributed by atoms with van der Waals surface area (Å²) in [5.74, 6) is 0.948. The first-order chi connectivity index (χ1) is 6.69. The molecule has 0 heterocycles. The molecule has 1 fully saturated rings. The first-order valence-corrected chi connectivity index (χ1v) is 5.58. The highest BCUT2D eigenvalue weighted by molar-refractivity contribution is 5.87. The third kappa shape index (κ3) is 2.60. The summed E-state index contributed by atoms with van der Waals surface area (Å²) in [5.41, 5.74) is 0. The third-order valence-electron chi connectivity index (χ3n) is 3.46. The van der Waals surface area contributed by atoms with Crippen LogP contribution in [0.25, 0.3) is 0 Å². The van der Waals surface area contributed by atoms with Crippen molar-refractivity contribution in [3.63, 3.8) is 0 Å². The standard InChI is InChI=1S/C12H21NO/c1-4-10-6-8-11(9-7-10)13(3)12(14)5-2/h5,10-11H,2,4,6-9H2,1,3H3. The Hall–Kier alpha value is -0.790. The molecule has 1 rings (SSSR count). The van der Waals surface area contributed by atoms with Gasteiger partial charge in [0.05, 0.1) is 0 Å². The molecule has 0 bridgehead atoms. The molecule has 0 radical (unpaired) electrons. The van der Waals surface area contributed by atoms with Gasteiger partial charge in [-0.25, -0.2) is 0 Å². The number of nitrogens with zero attached hydrogens (tertiary/aromatic N) is 1. The first-order valence-electron chi connectivity index (χ1n) is 5.58. The summed E-state index contributed by atoms with van der Waals surface area (Å²) in [6.07, 6.45) is 7.56. The number of carbonyl (C=O) groups excluding carboxylic acids is 1. The van der Waals surface area contributed by atoms with E-state index in [0.717, 1.165) is 18.8 Å². The van der Waals surface area contributed by atoms with E-state index in [1.165, 1.54) is 25.3 Å². The Kier molecular flexibility index (Phi) is 4.18. The zero-order valence-corrected chi connectivity index (χ0v) is 9.33. The molecule has 0 aromatic carbocycles. The molecule has 2 nitrogen and oxygen atoms in total. The van der Waals surface area contributed by atoms with Crippen LogP contribution in [0.4, 0.5) is 0 Å². The van der Waals surface area contributed by atoms with Crippen LogP contribution in [0.2, 0.25) is 0 Å². The SMILES string of the molecule is C=CC(=O)N(C)C1CCC(CC)CC1. The number of likely N-dealkylation sites (N-methyl/N-ethyl adjacent to an activating group) is 1. The zero-order valence-electron chi connectivity index (χ0n) is 9.33. The lowest BCUT2D eigenvalue weighted by molar-refractivity contribution is -0.127. The van der Waals surface area contributed by atoms with Crippen molar-refractivity contribution in [1.29, 1.82) is 0 Å². The van der Waals surface area contributed by atoms with E-state index >= 15 is 0 Å². The Morgan fingerprint density at radius 2 is 2.00 bits per heavy atom. The van der Waals surface area contributed by atoms with E-state index in [1.54, 1.807) is 0 Å². The fraction of sp³-hybridized carbons (Fsp3) is 0.750. The van der Waals surface area contributed by atoms with Crippen LogP contribution in [-0.4, -0.2) is 23.9 Å². The summed E-state index contributed by atoms with van der Waals surface area (Å²) < 4.78 is 0. The minimum atomic E-state index is 0.0601. The highest BCUT2D eigenvalue weighted by atomic mass is 16.2. The largest absolute Gasteiger partial charge is 0.339 e. The van der Waals surface area contributed by atoms with Crippen LogP contribution < -0.4 is 0 Å². The van der Waals surface area contributed by atoms with Crippen LogP contribution >= 0.6 is 0 Å². The lowest BCUT2D eigenvalue weighted by Gasteiger charge is -2.33. The van der Waals surface area contributed by atoms with Gasteiger partial charge in [0.2, 0.25) is 5.91 Å². The van der Waals surface area contributed by atoms with Crippen LogP contribution in [-0.2, 0) is 4.79 Å². The van der Waals surface area contributed by atoms with Crippen LogP contribution in [0.1, 0.15) is 39.0 Å². The second-order valence-corrected chi connectivity index (χ2v) is 4.24. The molecule has 1 amide bonds. The maximum absolute atomic E-state index is 11.4. The molecule has 14 heavy (non-hydrogen) atoms. The smallest absolute Gasteiger partial charge is 0.245 e.